The summed E-state index contributed by atoms with van der Waals surface area (Å²) < 4.78 is 6.67. The summed E-state index contributed by atoms with van der Waals surface area (Å²) in [7, 11) is 1.56. The molecule has 0 amide bonds. The van der Waals surface area contributed by atoms with Crippen molar-refractivity contribution in [1.29, 1.82) is 0 Å². The number of aliphatic carboxylic acids is 1. The minimum absolute atomic E-state index is 0.0345. The van der Waals surface area contributed by atoms with E-state index in [9.17, 15) is 4.79 Å². The van der Waals surface area contributed by atoms with Gasteiger partial charge < -0.3 is 9.84 Å². The minimum atomic E-state index is -0.892. The van der Waals surface area contributed by atoms with E-state index >= 15 is 0 Å². The quantitative estimate of drug-likeness (QED) is 0.842. The summed E-state index contributed by atoms with van der Waals surface area (Å²) in [6.45, 7) is 0.218. The largest absolute Gasteiger partial charge is 0.496 e. The van der Waals surface area contributed by atoms with Gasteiger partial charge in [-0.2, -0.15) is 0 Å². The number of aromatic nitrogens is 4. The van der Waals surface area contributed by atoms with Gasteiger partial charge >= 0.3 is 5.97 Å². The van der Waals surface area contributed by atoms with E-state index in [-0.39, 0.29) is 13.0 Å². The predicted octanol–water partition coefficient (Wildman–Crippen LogP) is 0.823. The second-order valence-electron chi connectivity index (χ2n) is 3.57. The van der Waals surface area contributed by atoms with Crippen LogP contribution in [0.15, 0.2) is 24.3 Å². The average Bonchev–Trinajstić information content (AvgIpc) is 2.84. The number of benzene rings is 1. The Morgan fingerprint density at radius 2 is 2.22 bits per heavy atom. The summed E-state index contributed by atoms with van der Waals surface area (Å²) in [6, 6.07) is 7.30. The second-order valence-corrected chi connectivity index (χ2v) is 3.57. The number of tetrazole rings is 1. The zero-order chi connectivity index (χ0) is 13.0. The first-order valence-electron chi connectivity index (χ1n) is 5.33. The van der Waals surface area contributed by atoms with E-state index in [4.69, 9.17) is 9.84 Å². The van der Waals surface area contributed by atoms with Crippen molar-refractivity contribution < 1.29 is 14.6 Å². The van der Waals surface area contributed by atoms with E-state index in [0.717, 1.165) is 5.56 Å². The fourth-order valence-corrected chi connectivity index (χ4v) is 1.58. The van der Waals surface area contributed by atoms with Crippen molar-refractivity contribution in [3.8, 4) is 17.1 Å². The van der Waals surface area contributed by atoms with E-state index in [0.29, 0.717) is 11.6 Å². The maximum absolute atomic E-state index is 10.6. The Hall–Kier alpha value is -2.44. The Labute approximate surface area is 103 Å². The van der Waals surface area contributed by atoms with Gasteiger partial charge in [0.25, 0.3) is 0 Å². The number of hydrogen-bond acceptors (Lipinski definition) is 5. The highest BCUT2D eigenvalue weighted by molar-refractivity contribution is 5.67. The van der Waals surface area contributed by atoms with Crippen LogP contribution in [-0.2, 0) is 11.3 Å². The summed E-state index contributed by atoms with van der Waals surface area (Å²) in [5.74, 6) is 0.244. The van der Waals surface area contributed by atoms with Crippen molar-refractivity contribution in [2.24, 2.45) is 0 Å². The van der Waals surface area contributed by atoms with Crippen LogP contribution in [-0.4, -0.2) is 38.4 Å². The van der Waals surface area contributed by atoms with Crippen molar-refractivity contribution in [2.75, 3.05) is 7.11 Å². The first kappa shape index (κ1) is 12.0. The number of carboxylic acid groups (broad SMARTS) is 1. The summed E-state index contributed by atoms with van der Waals surface area (Å²) in [6.07, 6.45) is -0.0345. The Balaban J connectivity index is 2.33. The number of ether oxygens (including phenoxy) is 1. The predicted molar refractivity (Wildman–Crippen MR) is 62.1 cm³/mol. The highest BCUT2D eigenvalue weighted by Gasteiger charge is 2.13. The van der Waals surface area contributed by atoms with Crippen molar-refractivity contribution in [2.45, 2.75) is 13.0 Å². The first-order valence-corrected chi connectivity index (χ1v) is 5.33. The molecule has 0 saturated carbocycles. The average molecular weight is 248 g/mol. The number of para-hydroxylation sites is 1. The van der Waals surface area contributed by atoms with Crippen LogP contribution in [0.5, 0.6) is 5.75 Å². The lowest BCUT2D eigenvalue weighted by molar-refractivity contribution is -0.137. The molecule has 0 spiro atoms. The van der Waals surface area contributed by atoms with Gasteiger partial charge in [0.05, 0.1) is 25.6 Å². The van der Waals surface area contributed by atoms with E-state index in [1.165, 1.54) is 4.68 Å². The molecule has 0 saturated heterocycles. The zero-order valence-electron chi connectivity index (χ0n) is 9.78. The Morgan fingerprint density at radius 3 is 2.94 bits per heavy atom. The monoisotopic (exact) mass is 248 g/mol. The lowest BCUT2D eigenvalue weighted by Gasteiger charge is -2.07. The third-order valence-corrected chi connectivity index (χ3v) is 2.42. The number of aryl methyl sites for hydroxylation is 1. The maximum Gasteiger partial charge on any atom is 0.305 e. The van der Waals surface area contributed by atoms with Gasteiger partial charge in [0.1, 0.15) is 5.75 Å². The highest BCUT2D eigenvalue weighted by Crippen LogP contribution is 2.27. The van der Waals surface area contributed by atoms with Crippen LogP contribution < -0.4 is 4.74 Å². The number of carbonyl (C=O) groups is 1. The van der Waals surface area contributed by atoms with E-state index in [2.05, 4.69) is 15.5 Å². The molecule has 0 fully saturated rings. The summed E-state index contributed by atoms with van der Waals surface area (Å²) in [5, 5.41) is 19.9. The molecule has 2 aromatic rings. The van der Waals surface area contributed by atoms with Gasteiger partial charge in [0.15, 0.2) is 5.82 Å². The van der Waals surface area contributed by atoms with Crippen LogP contribution in [0.4, 0.5) is 0 Å². The normalized spacial score (nSPS) is 10.3. The van der Waals surface area contributed by atoms with Gasteiger partial charge in [0, 0.05) is 0 Å². The van der Waals surface area contributed by atoms with E-state index in [1.54, 1.807) is 13.2 Å². The molecule has 0 atom stereocenters. The minimum Gasteiger partial charge on any atom is -0.496 e. The molecular formula is C11H12N4O3. The van der Waals surface area contributed by atoms with Gasteiger partial charge in [-0.15, -0.1) is 5.10 Å². The first-order chi connectivity index (χ1) is 8.72. The molecule has 7 nitrogen and oxygen atoms in total. The molecule has 94 valence electrons. The fourth-order valence-electron chi connectivity index (χ4n) is 1.58. The molecule has 7 heteroatoms. The molecule has 1 aromatic carbocycles. The maximum atomic E-state index is 10.6. The molecule has 1 N–H and O–H groups in total. The molecule has 18 heavy (non-hydrogen) atoms. The number of carboxylic acids is 1. The van der Waals surface area contributed by atoms with Gasteiger partial charge in [-0.1, -0.05) is 12.1 Å². The SMILES string of the molecule is COc1ccccc1-c1nnnn1CCC(=O)O. The molecule has 0 bridgehead atoms. The smallest absolute Gasteiger partial charge is 0.305 e. The van der Waals surface area contributed by atoms with Crippen LogP contribution in [0.2, 0.25) is 0 Å². The number of nitrogens with zero attached hydrogens (tertiary/aromatic N) is 4. The molecule has 0 aliphatic rings. The van der Waals surface area contributed by atoms with Gasteiger partial charge in [-0.05, 0) is 22.6 Å². The van der Waals surface area contributed by atoms with Crippen LogP contribution in [0.3, 0.4) is 0 Å². The molecule has 0 radical (unpaired) electrons. The third-order valence-electron chi connectivity index (χ3n) is 2.42. The molecular weight excluding hydrogens is 236 g/mol. The Bertz CT molecular complexity index is 553. The molecule has 0 aliphatic carbocycles. The fraction of sp³-hybridized carbons (Fsp3) is 0.273. The van der Waals surface area contributed by atoms with Crippen molar-refractivity contribution in [3.05, 3.63) is 24.3 Å². The van der Waals surface area contributed by atoms with Crippen molar-refractivity contribution in [3.63, 3.8) is 0 Å². The Morgan fingerprint density at radius 1 is 1.44 bits per heavy atom. The van der Waals surface area contributed by atoms with E-state index in [1.807, 2.05) is 18.2 Å². The third kappa shape index (κ3) is 2.45. The molecule has 0 unspecified atom stereocenters. The van der Waals surface area contributed by atoms with Gasteiger partial charge in [-0.25, -0.2) is 4.68 Å². The summed E-state index contributed by atoms with van der Waals surface area (Å²) in [5.41, 5.74) is 0.732. The standard InChI is InChI=1S/C11H12N4O3/c1-18-9-5-3-2-4-8(9)11-12-13-14-15(11)7-6-10(16)17/h2-5H,6-7H2,1H3,(H,16,17). The number of methoxy groups -OCH3 is 1. The Kier molecular flexibility index (Phi) is 3.52. The van der Waals surface area contributed by atoms with Crippen LogP contribution in [0, 0.1) is 0 Å². The number of hydrogen-bond donors (Lipinski definition) is 1. The zero-order valence-corrected chi connectivity index (χ0v) is 9.78. The summed E-state index contributed by atoms with van der Waals surface area (Å²) >= 11 is 0. The van der Waals surface area contributed by atoms with Crippen LogP contribution in [0.1, 0.15) is 6.42 Å². The highest BCUT2D eigenvalue weighted by atomic mass is 16.5. The summed E-state index contributed by atoms with van der Waals surface area (Å²) in [4.78, 5) is 10.6. The van der Waals surface area contributed by atoms with Gasteiger partial charge in [0.2, 0.25) is 0 Å². The molecule has 1 heterocycles. The van der Waals surface area contributed by atoms with Crippen LogP contribution >= 0.6 is 0 Å². The lowest BCUT2D eigenvalue weighted by atomic mass is 10.2. The van der Waals surface area contributed by atoms with Crippen molar-refractivity contribution >= 4 is 5.97 Å². The molecule has 2 rings (SSSR count). The lowest BCUT2D eigenvalue weighted by Crippen LogP contribution is -2.08. The van der Waals surface area contributed by atoms with E-state index < -0.39 is 5.97 Å². The van der Waals surface area contributed by atoms with Crippen LogP contribution in [0.25, 0.3) is 11.4 Å². The molecule has 0 aliphatic heterocycles. The number of rotatable bonds is 5. The van der Waals surface area contributed by atoms with Crippen molar-refractivity contribution in [1.82, 2.24) is 20.2 Å². The molecule has 1 aromatic heterocycles. The second kappa shape index (κ2) is 5.26. The van der Waals surface area contributed by atoms with Gasteiger partial charge in [-0.3, -0.25) is 4.79 Å². The topological polar surface area (TPSA) is 90.1 Å².